The molecule has 4 aromatic rings. The minimum absolute atomic E-state index is 0.00724. The summed E-state index contributed by atoms with van der Waals surface area (Å²) in [6, 6.07) is 5.76. The third-order valence-electron chi connectivity index (χ3n) is 6.32. The number of hydrogen-bond donors (Lipinski definition) is 3. The number of aliphatic hydroxyl groups is 1. The molecule has 0 saturated carbocycles. The van der Waals surface area contributed by atoms with Gasteiger partial charge >= 0.3 is 0 Å². The van der Waals surface area contributed by atoms with Crippen LogP contribution in [0.15, 0.2) is 36.8 Å². The Kier molecular flexibility index (Phi) is 6.29. The van der Waals surface area contributed by atoms with Crippen LogP contribution < -0.4 is 15.0 Å². The summed E-state index contributed by atoms with van der Waals surface area (Å²) in [5.41, 5.74) is 3.52. The fourth-order valence-corrected chi connectivity index (χ4v) is 4.68. The number of fused-ring (bicyclic) bond motifs is 3. The van der Waals surface area contributed by atoms with Gasteiger partial charge in [-0.3, -0.25) is 9.89 Å². The van der Waals surface area contributed by atoms with Gasteiger partial charge in [0.2, 0.25) is 5.91 Å². The van der Waals surface area contributed by atoms with Crippen LogP contribution in [0.4, 0.5) is 5.82 Å². The molecule has 0 aromatic carbocycles. The number of piperidine rings is 1. The number of rotatable bonds is 7. The average Bonchev–Trinajstić information content (AvgIpc) is 3.41. The van der Waals surface area contributed by atoms with Crippen molar-refractivity contribution < 1.29 is 14.6 Å². The first-order valence-corrected chi connectivity index (χ1v) is 12.1. The third-order valence-corrected chi connectivity index (χ3v) is 6.32. The number of amides is 1. The molecule has 35 heavy (non-hydrogen) atoms. The molecule has 184 valence electrons. The van der Waals surface area contributed by atoms with E-state index in [1.54, 1.807) is 6.20 Å². The summed E-state index contributed by atoms with van der Waals surface area (Å²) >= 11 is 0. The van der Waals surface area contributed by atoms with Crippen LogP contribution in [-0.2, 0) is 4.79 Å². The molecule has 1 fully saturated rings. The number of β-amino-alcohol motifs (C(OH)–C–C–N with tert-alkyl or cyclic N) is 1. The maximum Gasteiger partial charge on any atom is 0.220 e. The van der Waals surface area contributed by atoms with Gasteiger partial charge in [0.15, 0.2) is 5.65 Å². The molecule has 1 aliphatic heterocycles. The fraction of sp³-hybridized carbons (Fsp3) is 0.440. The zero-order valence-electron chi connectivity index (χ0n) is 20.2. The molecule has 3 N–H and O–H groups in total. The second-order valence-corrected chi connectivity index (χ2v) is 9.43. The summed E-state index contributed by atoms with van der Waals surface area (Å²) in [7, 11) is 0. The van der Waals surface area contributed by atoms with E-state index in [2.05, 4.69) is 25.5 Å². The largest absolute Gasteiger partial charge is 0.492 e. The number of carbonyl (C=O) groups excluding carboxylic acids is 1. The van der Waals surface area contributed by atoms with Gasteiger partial charge in [-0.05, 0) is 37.5 Å². The summed E-state index contributed by atoms with van der Waals surface area (Å²) in [5.74, 6) is 1.80. The molecule has 2 atom stereocenters. The maximum absolute atomic E-state index is 12.1. The first-order chi connectivity index (χ1) is 16.9. The molecule has 0 radical (unpaired) electrons. The van der Waals surface area contributed by atoms with Crippen molar-refractivity contribution in [2.75, 3.05) is 24.6 Å². The number of anilines is 1. The molecule has 4 aromatic heterocycles. The molecule has 5 heterocycles. The lowest BCUT2D eigenvalue weighted by molar-refractivity contribution is -0.123. The van der Waals surface area contributed by atoms with Crippen molar-refractivity contribution >= 4 is 28.3 Å². The number of nitrogens with zero attached hydrogens (tertiary/aromatic N) is 5. The maximum atomic E-state index is 12.1. The molecule has 10 nitrogen and oxygen atoms in total. The lowest BCUT2D eigenvalue weighted by atomic mass is 10.0. The zero-order chi connectivity index (χ0) is 24.5. The standard InChI is InChI=1S/C25H31N7O3/c1-4-35-17-10-18(24-19-12-27-29-25(19)30-32(24)13-17)16-5-6-22(26-11-16)31-8-7-20(21(33)14-31)28-23(34)9-15(2)3/h5-6,10-13,15,20-21,33H,4,7-9,14H2,1-3H3,(H,28,34)(H,29,30)/t20-,21+/m0/s1. The minimum Gasteiger partial charge on any atom is -0.492 e. The molecule has 10 heteroatoms. The van der Waals surface area contributed by atoms with E-state index < -0.39 is 6.10 Å². The number of aromatic nitrogens is 5. The highest BCUT2D eigenvalue weighted by Crippen LogP contribution is 2.33. The number of nitrogens with one attached hydrogen (secondary N) is 2. The number of ether oxygens (including phenoxy) is 1. The molecule has 1 aliphatic rings. The highest BCUT2D eigenvalue weighted by molar-refractivity contribution is 6.00. The van der Waals surface area contributed by atoms with Gasteiger partial charge in [-0.25, -0.2) is 9.50 Å². The van der Waals surface area contributed by atoms with Crippen LogP contribution in [-0.4, -0.2) is 67.7 Å². The van der Waals surface area contributed by atoms with Crippen molar-refractivity contribution in [2.24, 2.45) is 5.92 Å². The lowest BCUT2D eigenvalue weighted by Crippen LogP contribution is -2.54. The van der Waals surface area contributed by atoms with Gasteiger partial charge in [0, 0.05) is 36.8 Å². The molecular formula is C25H31N7O3. The van der Waals surface area contributed by atoms with Crippen LogP contribution in [0.3, 0.4) is 0 Å². The van der Waals surface area contributed by atoms with Crippen LogP contribution in [0.5, 0.6) is 5.75 Å². The quantitative estimate of drug-likeness (QED) is 0.374. The van der Waals surface area contributed by atoms with Crippen LogP contribution >= 0.6 is 0 Å². The first-order valence-electron chi connectivity index (χ1n) is 12.1. The Morgan fingerprint density at radius 3 is 2.91 bits per heavy atom. The molecular weight excluding hydrogens is 446 g/mol. The molecule has 0 unspecified atom stereocenters. The highest BCUT2D eigenvalue weighted by atomic mass is 16.5. The van der Waals surface area contributed by atoms with Crippen molar-refractivity contribution in [3.8, 4) is 16.9 Å². The monoisotopic (exact) mass is 477 g/mol. The Labute approximate surface area is 203 Å². The third kappa shape index (κ3) is 4.66. The SMILES string of the molecule is CCOc1cc(-c2ccc(N3CC[C@H](NC(=O)CC(C)C)[C@H](O)C3)nc2)c2c3cn[nH]c3nn2c1. The van der Waals surface area contributed by atoms with Gasteiger partial charge in [0.25, 0.3) is 0 Å². The topological polar surface area (TPSA) is 121 Å². The number of H-pyrrole nitrogens is 1. The first kappa shape index (κ1) is 23.1. The van der Waals surface area contributed by atoms with Crippen LogP contribution in [0.25, 0.3) is 27.7 Å². The molecule has 5 rings (SSSR count). The van der Waals surface area contributed by atoms with Crippen molar-refractivity contribution in [3.63, 3.8) is 0 Å². The van der Waals surface area contributed by atoms with Gasteiger partial charge in [-0.1, -0.05) is 13.8 Å². The summed E-state index contributed by atoms with van der Waals surface area (Å²) in [4.78, 5) is 18.9. The number of hydrogen-bond acceptors (Lipinski definition) is 7. The smallest absolute Gasteiger partial charge is 0.220 e. The van der Waals surface area contributed by atoms with Gasteiger partial charge < -0.3 is 20.1 Å². The van der Waals surface area contributed by atoms with E-state index in [0.717, 1.165) is 33.6 Å². The Morgan fingerprint density at radius 1 is 1.34 bits per heavy atom. The van der Waals surface area contributed by atoms with Crippen molar-refractivity contribution in [2.45, 2.75) is 45.8 Å². The second-order valence-electron chi connectivity index (χ2n) is 9.43. The van der Waals surface area contributed by atoms with E-state index in [-0.39, 0.29) is 17.9 Å². The van der Waals surface area contributed by atoms with Crippen LogP contribution in [0.2, 0.25) is 0 Å². The molecule has 1 amide bonds. The summed E-state index contributed by atoms with van der Waals surface area (Å²) in [5, 5.41) is 26.2. The Bertz CT molecular complexity index is 1330. The summed E-state index contributed by atoms with van der Waals surface area (Å²) in [6.07, 6.45) is 5.96. The van der Waals surface area contributed by atoms with Crippen LogP contribution in [0, 0.1) is 5.92 Å². The van der Waals surface area contributed by atoms with E-state index >= 15 is 0 Å². The van der Waals surface area contributed by atoms with Gasteiger partial charge in [0.05, 0.1) is 42.0 Å². The van der Waals surface area contributed by atoms with E-state index in [0.29, 0.717) is 38.2 Å². The average molecular weight is 478 g/mol. The van der Waals surface area contributed by atoms with Gasteiger partial charge in [0.1, 0.15) is 11.6 Å². The summed E-state index contributed by atoms with van der Waals surface area (Å²) < 4.78 is 7.58. The predicted octanol–water partition coefficient (Wildman–Crippen LogP) is 2.77. The summed E-state index contributed by atoms with van der Waals surface area (Å²) in [6.45, 7) is 7.65. The number of aliphatic hydroxyl groups excluding tert-OH is 1. The van der Waals surface area contributed by atoms with Crippen molar-refractivity contribution in [1.29, 1.82) is 0 Å². The van der Waals surface area contributed by atoms with E-state index in [1.807, 2.05) is 55.9 Å². The van der Waals surface area contributed by atoms with Crippen molar-refractivity contribution in [3.05, 3.63) is 36.8 Å². The number of aromatic amines is 1. The van der Waals surface area contributed by atoms with Crippen molar-refractivity contribution in [1.82, 2.24) is 30.1 Å². The molecule has 0 bridgehead atoms. The normalized spacial score (nSPS) is 18.5. The fourth-order valence-electron chi connectivity index (χ4n) is 4.68. The molecule has 0 spiro atoms. The van der Waals surface area contributed by atoms with Gasteiger partial charge in [-0.15, -0.1) is 5.10 Å². The predicted molar refractivity (Wildman–Crippen MR) is 133 cm³/mol. The zero-order valence-corrected chi connectivity index (χ0v) is 20.2. The van der Waals surface area contributed by atoms with E-state index in [1.165, 1.54) is 0 Å². The molecule has 1 saturated heterocycles. The minimum atomic E-state index is -0.648. The number of carbonyl (C=O) groups is 1. The van der Waals surface area contributed by atoms with Gasteiger partial charge in [-0.2, -0.15) is 5.10 Å². The lowest BCUT2D eigenvalue weighted by Gasteiger charge is -2.37. The number of pyridine rings is 2. The Morgan fingerprint density at radius 2 is 2.20 bits per heavy atom. The van der Waals surface area contributed by atoms with Crippen LogP contribution in [0.1, 0.15) is 33.6 Å². The van der Waals surface area contributed by atoms with E-state index in [4.69, 9.17) is 9.72 Å². The van der Waals surface area contributed by atoms with E-state index in [9.17, 15) is 9.90 Å². The Hall–Kier alpha value is -3.66. The second kappa shape index (κ2) is 9.53. The molecule has 0 aliphatic carbocycles. The Balaban J connectivity index is 1.36. The highest BCUT2D eigenvalue weighted by Gasteiger charge is 2.29.